The van der Waals surface area contributed by atoms with E-state index < -0.39 is 17.2 Å². The van der Waals surface area contributed by atoms with Gasteiger partial charge in [0.05, 0.1) is 21.8 Å². The quantitative estimate of drug-likeness (QED) is 0.489. The van der Waals surface area contributed by atoms with Crippen molar-refractivity contribution in [3.05, 3.63) is 90.4 Å². The Hall–Kier alpha value is -2.87. The standard InChI is InChI=1S/C21H15Cl2N3O3S/c1-12-9-15-19(28)26(14-6-4-5-13(22)10-14)21(29)25(20(15)30-12)11-18(27)24-17-8-3-2-7-16(17)23/h2-10H,11H2,1H3,(H,24,27). The van der Waals surface area contributed by atoms with Gasteiger partial charge in [0.15, 0.2) is 0 Å². The van der Waals surface area contributed by atoms with Gasteiger partial charge < -0.3 is 5.32 Å². The molecule has 0 aliphatic heterocycles. The first-order chi connectivity index (χ1) is 14.3. The highest BCUT2D eigenvalue weighted by molar-refractivity contribution is 7.18. The highest BCUT2D eigenvalue weighted by Crippen LogP contribution is 2.23. The highest BCUT2D eigenvalue weighted by Gasteiger charge is 2.19. The summed E-state index contributed by atoms with van der Waals surface area (Å²) in [7, 11) is 0. The van der Waals surface area contributed by atoms with Crippen LogP contribution in [0.1, 0.15) is 4.88 Å². The van der Waals surface area contributed by atoms with E-state index in [2.05, 4.69) is 5.32 Å². The van der Waals surface area contributed by atoms with Gasteiger partial charge >= 0.3 is 5.69 Å². The molecule has 0 unspecified atom stereocenters. The van der Waals surface area contributed by atoms with Crippen LogP contribution in [-0.4, -0.2) is 15.0 Å². The Morgan fingerprint density at radius 3 is 2.57 bits per heavy atom. The zero-order valence-corrected chi connectivity index (χ0v) is 18.0. The molecule has 0 aliphatic carbocycles. The zero-order chi connectivity index (χ0) is 21.4. The van der Waals surface area contributed by atoms with Crippen molar-refractivity contribution in [2.24, 2.45) is 0 Å². The number of anilines is 1. The van der Waals surface area contributed by atoms with Gasteiger partial charge in [0, 0.05) is 9.90 Å². The van der Waals surface area contributed by atoms with Gasteiger partial charge in [0.25, 0.3) is 5.56 Å². The SMILES string of the molecule is Cc1cc2c(=O)n(-c3cccc(Cl)c3)c(=O)n(CC(=O)Nc3ccccc3Cl)c2s1. The van der Waals surface area contributed by atoms with E-state index in [1.807, 2.05) is 6.92 Å². The van der Waals surface area contributed by atoms with Gasteiger partial charge in [0.2, 0.25) is 5.91 Å². The molecule has 2 aromatic carbocycles. The fourth-order valence-electron chi connectivity index (χ4n) is 3.15. The number of hydrogen-bond donors (Lipinski definition) is 1. The number of nitrogens with one attached hydrogen (secondary N) is 1. The molecular weight excluding hydrogens is 445 g/mol. The number of hydrogen-bond acceptors (Lipinski definition) is 4. The molecule has 4 aromatic rings. The largest absolute Gasteiger partial charge is 0.337 e. The van der Waals surface area contributed by atoms with E-state index in [1.54, 1.807) is 48.5 Å². The third-order valence-electron chi connectivity index (χ3n) is 4.45. The minimum absolute atomic E-state index is 0.276. The number of halogens is 2. The van der Waals surface area contributed by atoms with E-state index >= 15 is 0 Å². The Morgan fingerprint density at radius 2 is 1.83 bits per heavy atom. The van der Waals surface area contributed by atoms with Crippen LogP contribution in [-0.2, 0) is 11.3 Å². The summed E-state index contributed by atoms with van der Waals surface area (Å²) in [6, 6.07) is 15.0. The van der Waals surface area contributed by atoms with E-state index in [9.17, 15) is 14.4 Å². The van der Waals surface area contributed by atoms with Gasteiger partial charge in [-0.05, 0) is 43.3 Å². The summed E-state index contributed by atoms with van der Waals surface area (Å²) in [4.78, 5) is 40.3. The second-order valence-corrected chi connectivity index (χ2v) is 8.67. The van der Waals surface area contributed by atoms with Gasteiger partial charge in [-0.1, -0.05) is 41.4 Å². The third kappa shape index (κ3) is 3.79. The number of thiophene rings is 1. The number of amides is 1. The first-order valence-corrected chi connectivity index (χ1v) is 10.5. The minimum atomic E-state index is -0.620. The number of rotatable bonds is 4. The van der Waals surface area contributed by atoms with Gasteiger partial charge in [-0.2, -0.15) is 0 Å². The normalized spacial score (nSPS) is 11.0. The molecule has 0 fully saturated rings. The lowest BCUT2D eigenvalue weighted by Crippen LogP contribution is -2.40. The van der Waals surface area contributed by atoms with E-state index in [0.29, 0.717) is 31.6 Å². The molecule has 0 atom stereocenters. The van der Waals surface area contributed by atoms with Crippen molar-refractivity contribution in [3.8, 4) is 5.69 Å². The van der Waals surface area contributed by atoms with E-state index in [1.165, 1.54) is 22.0 Å². The van der Waals surface area contributed by atoms with E-state index in [4.69, 9.17) is 23.2 Å². The first kappa shape index (κ1) is 20.4. The maximum Gasteiger partial charge on any atom is 0.337 e. The molecular formula is C21H15Cl2N3O3S. The van der Waals surface area contributed by atoms with Crippen LogP contribution >= 0.6 is 34.5 Å². The predicted octanol–water partition coefficient (Wildman–Crippen LogP) is 4.47. The van der Waals surface area contributed by atoms with Crippen molar-refractivity contribution in [1.82, 2.24) is 9.13 Å². The van der Waals surface area contributed by atoms with Crippen LogP contribution in [0.3, 0.4) is 0 Å². The fourth-order valence-corrected chi connectivity index (χ4v) is 4.51. The van der Waals surface area contributed by atoms with Crippen molar-refractivity contribution in [2.75, 3.05) is 5.32 Å². The summed E-state index contributed by atoms with van der Waals surface area (Å²) in [5.74, 6) is -0.436. The monoisotopic (exact) mass is 459 g/mol. The van der Waals surface area contributed by atoms with E-state index in [-0.39, 0.29) is 6.54 Å². The topological polar surface area (TPSA) is 73.1 Å². The number of fused-ring (bicyclic) bond motifs is 1. The summed E-state index contributed by atoms with van der Waals surface area (Å²) in [5, 5.41) is 3.85. The molecule has 0 saturated carbocycles. The Labute approximate surface area is 184 Å². The summed E-state index contributed by atoms with van der Waals surface area (Å²) in [6.45, 7) is 1.56. The molecule has 4 rings (SSSR count). The molecule has 152 valence electrons. The number of carbonyl (C=O) groups is 1. The molecule has 6 nitrogen and oxygen atoms in total. The molecule has 1 N–H and O–H groups in total. The Morgan fingerprint density at radius 1 is 1.07 bits per heavy atom. The minimum Gasteiger partial charge on any atom is -0.323 e. The molecule has 30 heavy (non-hydrogen) atoms. The van der Waals surface area contributed by atoms with Crippen LogP contribution in [0.25, 0.3) is 15.9 Å². The smallest absolute Gasteiger partial charge is 0.323 e. The zero-order valence-electron chi connectivity index (χ0n) is 15.7. The molecule has 9 heteroatoms. The average Bonchev–Trinajstić information content (AvgIpc) is 3.09. The van der Waals surface area contributed by atoms with Crippen LogP contribution in [0.15, 0.2) is 64.2 Å². The van der Waals surface area contributed by atoms with Gasteiger partial charge in [-0.3, -0.25) is 14.2 Å². The molecule has 2 aromatic heterocycles. The molecule has 0 saturated heterocycles. The molecule has 0 radical (unpaired) electrons. The maximum atomic E-state index is 13.3. The van der Waals surface area contributed by atoms with Crippen molar-refractivity contribution >= 4 is 56.3 Å². The van der Waals surface area contributed by atoms with Crippen LogP contribution in [0, 0.1) is 6.92 Å². The number of carbonyl (C=O) groups excluding carboxylic acids is 1. The van der Waals surface area contributed by atoms with Crippen molar-refractivity contribution in [1.29, 1.82) is 0 Å². The number of aromatic nitrogens is 2. The summed E-state index contributed by atoms with van der Waals surface area (Å²) >= 11 is 13.4. The maximum absolute atomic E-state index is 13.3. The number of benzene rings is 2. The Bertz CT molecular complexity index is 1400. The summed E-state index contributed by atoms with van der Waals surface area (Å²) in [5.41, 5.74) is -0.294. The lowest BCUT2D eigenvalue weighted by molar-refractivity contribution is -0.116. The van der Waals surface area contributed by atoms with Gasteiger partial charge in [0.1, 0.15) is 11.4 Å². The summed E-state index contributed by atoms with van der Waals surface area (Å²) in [6.07, 6.45) is 0. The molecule has 1 amide bonds. The van der Waals surface area contributed by atoms with Gasteiger partial charge in [-0.25, -0.2) is 9.36 Å². The number of nitrogens with zero attached hydrogens (tertiary/aromatic N) is 2. The van der Waals surface area contributed by atoms with Crippen molar-refractivity contribution < 1.29 is 4.79 Å². The number of aryl methyl sites for hydroxylation is 1. The van der Waals surface area contributed by atoms with Crippen LogP contribution < -0.4 is 16.6 Å². The van der Waals surface area contributed by atoms with E-state index in [0.717, 1.165) is 9.44 Å². The third-order valence-corrected chi connectivity index (χ3v) is 6.09. The first-order valence-electron chi connectivity index (χ1n) is 8.91. The van der Waals surface area contributed by atoms with Crippen LogP contribution in [0.4, 0.5) is 5.69 Å². The summed E-state index contributed by atoms with van der Waals surface area (Å²) < 4.78 is 2.32. The van der Waals surface area contributed by atoms with Crippen LogP contribution in [0.5, 0.6) is 0 Å². The second kappa shape index (κ2) is 8.10. The molecule has 0 spiro atoms. The molecule has 0 bridgehead atoms. The highest BCUT2D eigenvalue weighted by atomic mass is 35.5. The second-order valence-electron chi connectivity index (χ2n) is 6.59. The average molecular weight is 460 g/mol. The number of para-hydroxylation sites is 1. The van der Waals surface area contributed by atoms with Crippen molar-refractivity contribution in [3.63, 3.8) is 0 Å². The fraction of sp³-hybridized carbons (Fsp3) is 0.0952. The van der Waals surface area contributed by atoms with Gasteiger partial charge in [-0.15, -0.1) is 11.3 Å². The lowest BCUT2D eigenvalue weighted by Gasteiger charge is -2.13. The predicted molar refractivity (Wildman–Crippen MR) is 122 cm³/mol. The Balaban J connectivity index is 1.85. The molecule has 2 heterocycles. The van der Waals surface area contributed by atoms with Crippen LogP contribution in [0.2, 0.25) is 10.0 Å². The lowest BCUT2D eigenvalue weighted by atomic mass is 10.3. The van der Waals surface area contributed by atoms with Crippen molar-refractivity contribution in [2.45, 2.75) is 13.5 Å². The molecule has 0 aliphatic rings. The Kier molecular flexibility index (Phi) is 5.51.